The lowest BCUT2D eigenvalue weighted by atomic mass is 9.91. The number of hydrogen-bond acceptors (Lipinski definition) is 4. The van der Waals surface area contributed by atoms with E-state index in [-0.39, 0.29) is 5.91 Å². The van der Waals surface area contributed by atoms with Gasteiger partial charge in [-0.1, -0.05) is 13.3 Å². The minimum absolute atomic E-state index is 0.133. The van der Waals surface area contributed by atoms with Crippen molar-refractivity contribution >= 4 is 5.91 Å². The van der Waals surface area contributed by atoms with E-state index < -0.39 is 5.54 Å². The van der Waals surface area contributed by atoms with Gasteiger partial charge in [0.15, 0.2) is 0 Å². The van der Waals surface area contributed by atoms with Gasteiger partial charge in [0.1, 0.15) is 0 Å². The Hall–Kier alpha value is -0.650. The van der Waals surface area contributed by atoms with E-state index in [9.17, 15) is 4.79 Å². The fraction of sp³-hybridized carbons (Fsp3) is 0.938. The summed E-state index contributed by atoms with van der Waals surface area (Å²) in [6.07, 6.45) is 3.92. The Bertz CT molecular complexity index is 332. The highest BCUT2D eigenvalue weighted by molar-refractivity contribution is 5.85. The van der Waals surface area contributed by atoms with Crippen LogP contribution in [0.4, 0.5) is 0 Å². The third-order valence-electron chi connectivity index (χ3n) is 4.78. The summed E-state index contributed by atoms with van der Waals surface area (Å²) < 4.78 is 5.39. The van der Waals surface area contributed by atoms with Crippen molar-refractivity contribution in [1.29, 1.82) is 0 Å². The zero-order valence-corrected chi connectivity index (χ0v) is 13.6. The van der Waals surface area contributed by atoms with E-state index in [1.54, 1.807) is 0 Å². The average Bonchev–Trinajstić information content (AvgIpc) is 2.48. The van der Waals surface area contributed by atoms with Gasteiger partial charge in [0.2, 0.25) is 5.91 Å². The number of ether oxygens (including phenoxy) is 1. The minimum Gasteiger partial charge on any atom is -0.379 e. The van der Waals surface area contributed by atoms with Crippen LogP contribution in [0.2, 0.25) is 0 Å². The largest absolute Gasteiger partial charge is 0.379 e. The molecule has 2 aliphatic rings. The van der Waals surface area contributed by atoms with Crippen LogP contribution in [0.1, 0.15) is 39.5 Å². The van der Waals surface area contributed by atoms with Crippen LogP contribution in [0.5, 0.6) is 0 Å². The lowest BCUT2D eigenvalue weighted by molar-refractivity contribution is -0.138. The maximum Gasteiger partial charge on any atom is 0.242 e. The van der Waals surface area contributed by atoms with E-state index in [1.165, 1.54) is 0 Å². The molecule has 5 nitrogen and oxygen atoms in total. The number of nitrogens with two attached hydrogens (primary N) is 1. The first-order valence-corrected chi connectivity index (χ1v) is 8.41. The molecule has 2 heterocycles. The highest BCUT2D eigenvalue weighted by Gasteiger charge is 2.34. The molecule has 0 bridgehead atoms. The van der Waals surface area contributed by atoms with Crippen LogP contribution in [0.15, 0.2) is 0 Å². The SMILES string of the molecule is CCCC(C)(N)C(=O)N1CCC(CN2CCOCC2)CC1. The number of morpholine rings is 1. The standard InChI is InChI=1S/C16H31N3O2/c1-3-6-16(2,17)15(20)19-7-4-14(5-8-19)13-18-9-11-21-12-10-18/h14H,3-13,17H2,1-2H3. The molecule has 21 heavy (non-hydrogen) atoms. The highest BCUT2D eigenvalue weighted by Crippen LogP contribution is 2.22. The Morgan fingerprint density at radius 1 is 1.24 bits per heavy atom. The van der Waals surface area contributed by atoms with Gasteiger partial charge in [-0.2, -0.15) is 0 Å². The van der Waals surface area contributed by atoms with Crippen molar-refractivity contribution in [1.82, 2.24) is 9.80 Å². The molecule has 0 spiro atoms. The molecule has 0 aliphatic carbocycles. The van der Waals surface area contributed by atoms with Crippen LogP contribution in [-0.2, 0) is 9.53 Å². The van der Waals surface area contributed by atoms with Gasteiger partial charge in [0.25, 0.3) is 0 Å². The maximum absolute atomic E-state index is 12.5. The normalized spacial score (nSPS) is 24.8. The summed E-state index contributed by atoms with van der Waals surface area (Å²) in [5.41, 5.74) is 5.48. The highest BCUT2D eigenvalue weighted by atomic mass is 16.5. The fourth-order valence-corrected chi connectivity index (χ4v) is 3.45. The molecule has 2 N–H and O–H groups in total. The van der Waals surface area contributed by atoms with Crippen molar-refractivity contribution < 1.29 is 9.53 Å². The second-order valence-electron chi connectivity index (χ2n) is 6.82. The third-order valence-corrected chi connectivity index (χ3v) is 4.78. The fourth-order valence-electron chi connectivity index (χ4n) is 3.45. The first-order chi connectivity index (χ1) is 10.0. The molecular formula is C16H31N3O2. The number of nitrogens with zero attached hydrogens (tertiary/aromatic N) is 2. The van der Waals surface area contributed by atoms with E-state index in [0.717, 1.165) is 71.6 Å². The minimum atomic E-state index is -0.689. The van der Waals surface area contributed by atoms with Crippen LogP contribution in [0.3, 0.4) is 0 Å². The summed E-state index contributed by atoms with van der Waals surface area (Å²) in [5.74, 6) is 0.844. The van der Waals surface area contributed by atoms with Crippen molar-refractivity contribution in [2.24, 2.45) is 11.7 Å². The van der Waals surface area contributed by atoms with Gasteiger partial charge in [-0.05, 0) is 32.1 Å². The van der Waals surface area contributed by atoms with E-state index in [1.807, 2.05) is 11.8 Å². The molecule has 1 unspecified atom stereocenters. The molecule has 1 amide bonds. The monoisotopic (exact) mass is 297 g/mol. The van der Waals surface area contributed by atoms with Crippen molar-refractivity contribution in [2.45, 2.75) is 45.1 Å². The van der Waals surface area contributed by atoms with Gasteiger partial charge in [-0.15, -0.1) is 0 Å². The smallest absolute Gasteiger partial charge is 0.242 e. The van der Waals surface area contributed by atoms with Gasteiger partial charge in [0, 0.05) is 32.7 Å². The lowest BCUT2D eigenvalue weighted by Gasteiger charge is -2.38. The zero-order chi connectivity index (χ0) is 15.3. The van der Waals surface area contributed by atoms with Gasteiger partial charge in [-0.3, -0.25) is 9.69 Å². The second-order valence-corrected chi connectivity index (χ2v) is 6.82. The molecule has 0 aromatic rings. The average molecular weight is 297 g/mol. The number of hydrogen-bond donors (Lipinski definition) is 1. The molecule has 1 atom stereocenters. The molecular weight excluding hydrogens is 266 g/mol. The first kappa shape index (κ1) is 16.7. The molecule has 2 rings (SSSR count). The predicted molar refractivity (Wildman–Crippen MR) is 84.1 cm³/mol. The van der Waals surface area contributed by atoms with Crippen LogP contribution in [-0.4, -0.2) is 67.2 Å². The molecule has 2 aliphatic heterocycles. The Labute approximate surface area is 128 Å². The molecule has 2 fully saturated rings. The molecule has 2 saturated heterocycles. The van der Waals surface area contributed by atoms with Crippen LogP contribution in [0.25, 0.3) is 0 Å². The maximum atomic E-state index is 12.5. The zero-order valence-electron chi connectivity index (χ0n) is 13.6. The molecule has 0 aromatic carbocycles. The van der Waals surface area contributed by atoms with Crippen molar-refractivity contribution in [3.05, 3.63) is 0 Å². The molecule has 0 aromatic heterocycles. The summed E-state index contributed by atoms with van der Waals surface area (Å²) in [7, 11) is 0. The number of piperidine rings is 1. The number of amides is 1. The second kappa shape index (κ2) is 7.56. The summed E-state index contributed by atoms with van der Waals surface area (Å²) in [4.78, 5) is 17.0. The van der Waals surface area contributed by atoms with Crippen LogP contribution >= 0.6 is 0 Å². The van der Waals surface area contributed by atoms with Crippen LogP contribution < -0.4 is 5.73 Å². The number of rotatable bonds is 5. The van der Waals surface area contributed by atoms with Gasteiger partial charge >= 0.3 is 0 Å². The molecule has 0 saturated carbocycles. The van der Waals surface area contributed by atoms with Crippen molar-refractivity contribution in [2.75, 3.05) is 45.9 Å². The van der Waals surface area contributed by atoms with Gasteiger partial charge in [0.05, 0.1) is 18.8 Å². The third kappa shape index (κ3) is 4.66. The molecule has 122 valence electrons. The Balaban J connectivity index is 1.76. The molecule has 5 heteroatoms. The Kier molecular flexibility index (Phi) is 6.02. The van der Waals surface area contributed by atoms with Gasteiger partial charge in [-0.25, -0.2) is 0 Å². The number of carbonyl (C=O) groups excluding carboxylic acids is 1. The van der Waals surface area contributed by atoms with E-state index in [2.05, 4.69) is 11.8 Å². The number of carbonyl (C=O) groups is 1. The summed E-state index contributed by atoms with van der Waals surface area (Å²) in [6, 6.07) is 0. The van der Waals surface area contributed by atoms with Crippen molar-refractivity contribution in [3.8, 4) is 0 Å². The summed E-state index contributed by atoms with van der Waals surface area (Å²) in [5, 5.41) is 0. The predicted octanol–water partition coefficient (Wildman–Crippen LogP) is 1.07. The van der Waals surface area contributed by atoms with E-state index in [0.29, 0.717) is 5.92 Å². The van der Waals surface area contributed by atoms with Crippen molar-refractivity contribution in [3.63, 3.8) is 0 Å². The summed E-state index contributed by atoms with van der Waals surface area (Å²) in [6.45, 7) is 10.7. The number of likely N-dealkylation sites (tertiary alicyclic amines) is 1. The summed E-state index contributed by atoms with van der Waals surface area (Å²) >= 11 is 0. The lowest BCUT2D eigenvalue weighted by Crippen LogP contribution is -2.55. The Morgan fingerprint density at radius 2 is 1.86 bits per heavy atom. The molecule has 0 radical (unpaired) electrons. The Morgan fingerprint density at radius 3 is 2.43 bits per heavy atom. The van der Waals surface area contributed by atoms with Crippen LogP contribution in [0, 0.1) is 5.92 Å². The first-order valence-electron chi connectivity index (χ1n) is 8.41. The van der Waals surface area contributed by atoms with E-state index >= 15 is 0 Å². The van der Waals surface area contributed by atoms with Gasteiger partial charge < -0.3 is 15.4 Å². The quantitative estimate of drug-likeness (QED) is 0.825. The van der Waals surface area contributed by atoms with E-state index in [4.69, 9.17) is 10.5 Å². The topological polar surface area (TPSA) is 58.8 Å².